The number of nitrogens with one attached hydrogen (secondary N) is 1. The monoisotopic (exact) mass is 463 g/mol. The lowest BCUT2D eigenvalue weighted by Gasteiger charge is -2.29. The first-order valence-electron chi connectivity index (χ1n) is 11.6. The predicted molar refractivity (Wildman–Crippen MR) is 125 cm³/mol. The Morgan fingerprint density at radius 2 is 2.00 bits per heavy atom. The molecular weight excluding hydrogens is 437 g/mol. The molecule has 0 spiro atoms. The van der Waals surface area contributed by atoms with Crippen LogP contribution in [0.4, 0.5) is 21.7 Å². The van der Waals surface area contributed by atoms with E-state index in [2.05, 4.69) is 25.5 Å². The molecule has 2 bridgehead atoms. The Morgan fingerprint density at radius 1 is 1.15 bits per heavy atom. The highest BCUT2D eigenvalue weighted by Crippen LogP contribution is 2.41. The molecule has 10 nitrogen and oxygen atoms in total. The van der Waals surface area contributed by atoms with Crippen molar-refractivity contribution in [2.24, 2.45) is 7.05 Å². The summed E-state index contributed by atoms with van der Waals surface area (Å²) in [4.78, 5) is 22.3. The zero-order valence-corrected chi connectivity index (χ0v) is 18.9. The van der Waals surface area contributed by atoms with Crippen LogP contribution in [0.15, 0.2) is 24.4 Å². The normalized spacial score (nSPS) is 20.3. The van der Waals surface area contributed by atoms with E-state index in [0.717, 1.165) is 36.9 Å². The summed E-state index contributed by atoms with van der Waals surface area (Å²) in [6, 6.07) is 4.88. The maximum absolute atomic E-state index is 14.3. The molecule has 2 fully saturated rings. The van der Waals surface area contributed by atoms with Gasteiger partial charge in [0, 0.05) is 50.2 Å². The summed E-state index contributed by atoms with van der Waals surface area (Å²) in [5.41, 5.74) is 8.76. The Kier molecular flexibility index (Phi) is 4.85. The number of aryl methyl sites for hydroxylation is 1. The van der Waals surface area contributed by atoms with E-state index < -0.39 is 0 Å². The van der Waals surface area contributed by atoms with Crippen molar-refractivity contribution < 1.29 is 9.18 Å². The summed E-state index contributed by atoms with van der Waals surface area (Å²) in [5, 5.41) is 16.3. The van der Waals surface area contributed by atoms with Gasteiger partial charge in [-0.05, 0) is 43.9 Å². The second kappa shape index (κ2) is 7.93. The number of rotatable bonds is 1. The van der Waals surface area contributed by atoms with Gasteiger partial charge in [0.1, 0.15) is 5.82 Å². The quantitative estimate of drug-likeness (QED) is 0.565. The van der Waals surface area contributed by atoms with Crippen LogP contribution in [0.3, 0.4) is 0 Å². The van der Waals surface area contributed by atoms with Crippen LogP contribution in [0.25, 0.3) is 11.4 Å². The molecule has 0 unspecified atom stereocenters. The summed E-state index contributed by atoms with van der Waals surface area (Å²) < 4.78 is 15.9. The Labute approximate surface area is 196 Å². The van der Waals surface area contributed by atoms with Crippen LogP contribution in [0.5, 0.6) is 0 Å². The van der Waals surface area contributed by atoms with Crippen molar-refractivity contribution in [3.8, 4) is 11.4 Å². The van der Waals surface area contributed by atoms with Gasteiger partial charge in [-0.2, -0.15) is 5.10 Å². The van der Waals surface area contributed by atoms with Crippen molar-refractivity contribution >= 4 is 23.2 Å². The van der Waals surface area contributed by atoms with Crippen LogP contribution in [0.2, 0.25) is 0 Å². The predicted octanol–water partition coefficient (Wildman–Crippen LogP) is 2.36. The molecule has 1 aromatic carbocycles. The van der Waals surface area contributed by atoms with Gasteiger partial charge in [-0.3, -0.25) is 9.48 Å². The third kappa shape index (κ3) is 3.51. The molecule has 6 rings (SSSR count). The Bertz CT molecular complexity index is 1270. The van der Waals surface area contributed by atoms with E-state index in [-0.39, 0.29) is 29.6 Å². The molecule has 2 aromatic heterocycles. The summed E-state index contributed by atoms with van der Waals surface area (Å²) in [6.07, 6.45) is 5.42. The summed E-state index contributed by atoms with van der Waals surface area (Å²) in [6.45, 7) is 1.76. The molecule has 1 amide bonds. The fourth-order valence-electron chi connectivity index (χ4n) is 5.06. The summed E-state index contributed by atoms with van der Waals surface area (Å²) in [7, 11) is 1.77. The van der Waals surface area contributed by atoms with Gasteiger partial charge in [0.15, 0.2) is 23.2 Å². The highest BCUT2D eigenvalue weighted by Gasteiger charge is 2.37. The molecule has 3 N–H and O–H groups in total. The number of nitrogens with two attached hydrogens (primary N) is 1. The number of amides is 1. The molecular formula is C23H26FN9O. The maximum atomic E-state index is 14.3. The molecule has 34 heavy (non-hydrogen) atoms. The van der Waals surface area contributed by atoms with Crippen LogP contribution in [0, 0.1) is 5.82 Å². The largest absolute Gasteiger partial charge is 0.383 e. The van der Waals surface area contributed by atoms with Crippen molar-refractivity contribution in [1.29, 1.82) is 0 Å². The lowest BCUT2D eigenvalue weighted by molar-refractivity contribution is 0.0744. The number of nitrogens with zero attached hydrogens (tertiary/aromatic N) is 7. The first-order chi connectivity index (χ1) is 16.5. The molecule has 3 aromatic rings. The van der Waals surface area contributed by atoms with Crippen LogP contribution >= 0.6 is 0 Å². The minimum atomic E-state index is -0.294. The van der Waals surface area contributed by atoms with Crippen LogP contribution < -0.4 is 16.0 Å². The van der Waals surface area contributed by atoms with Crippen molar-refractivity contribution in [2.75, 3.05) is 35.6 Å². The lowest BCUT2D eigenvalue weighted by atomic mass is 10.0. The third-order valence-electron chi connectivity index (χ3n) is 6.78. The fraction of sp³-hybridized carbons (Fsp3) is 0.435. The molecule has 176 valence electrons. The first kappa shape index (κ1) is 20.8. The minimum absolute atomic E-state index is 0.109. The number of anilines is 3. The van der Waals surface area contributed by atoms with Crippen molar-refractivity contribution in [3.05, 3.63) is 41.5 Å². The number of halogens is 1. The van der Waals surface area contributed by atoms with E-state index in [1.54, 1.807) is 30.1 Å². The molecule has 1 atom stereocenters. The zero-order chi connectivity index (χ0) is 23.4. The molecule has 11 heteroatoms. The number of hydrogen-bond acceptors (Lipinski definition) is 8. The highest BCUT2D eigenvalue weighted by atomic mass is 19.1. The summed E-state index contributed by atoms with van der Waals surface area (Å²) >= 11 is 0. The fourth-order valence-corrected chi connectivity index (χ4v) is 5.06. The second-order valence-electron chi connectivity index (χ2n) is 9.15. The lowest BCUT2D eigenvalue weighted by Crippen LogP contribution is -2.37. The molecule has 2 aliphatic heterocycles. The van der Waals surface area contributed by atoms with Gasteiger partial charge in [0.2, 0.25) is 0 Å². The van der Waals surface area contributed by atoms with E-state index >= 15 is 0 Å². The number of fused-ring (bicyclic) bond motifs is 8. The molecule has 4 heterocycles. The summed E-state index contributed by atoms with van der Waals surface area (Å²) in [5.74, 6) is 0.540. The topological polar surface area (TPSA) is 118 Å². The molecule has 1 aliphatic carbocycles. The average Bonchev–Trinajstić information content (AvgIpc) is 3.40. The van der Waals surface area contributed by atoms with E-state index in [0.29, 0.717) is 42.5 Å². The number of aromatic nitrogens is 5. The van der Waals surface area contributed by atoms with E-state index in [9.17, 15) is 9.18 Å². The zero-order valence-electron chi connectivity index (χ0n) is 18.9. The van der Waals surface area contributed by atoms with Gasteiger partial charge in [0.05, 0.1) is 11.6 Å². The number of nitrogen functional groups attached to an aromatic ring is 1. The van der Waals surface area contributed by atoms with E-state index in [1.807, 2.05) is 4.90 Å². The number of carbonyl (C=O) groups excluding carboxylic acids is 1. The molecule has 3 aliphatic rings. The molecule has 1 saturated heterocycles. The average molecular weight is 464 g/mol. The Balaban J connectivity index is 1.53. The van der Waals surface area contributed by atoms with Gasteiger partial charge < -0.3 is 20.9 Å². The molecule has 1 saturated carbocycles. The maximum Gasteiger partial charge on any atom is 0.275 e. The van der Waals surface area contributed by atoms with Gasteiger partial charge in [0.25, 0.3) is 5.91 Å². The van der Waals surface area contributed by atoms with E-state index in [4.69, 9.17) is 10.7 Å². The Hall–Kier alpha value is -3.76. The minimum Gasteiger partial charge on any atom is -0.383 e. The van der Waals surface area contributed by atoms with Crippen LogP contribution in [-0.4, -0.2) is 61.4 Å². The van der Waals surface area contributed by atoms with Crippen LogP contribution in [-0.2, 0) is 7.05 Å². The van der Waals surface area contributed by atoms with Gasteiger partial charge in [-0.15, -0.1) is 10.2 Å². The molecule has 0 radical (unpaired) electrons. The van der Waals surface area contributed by atoms with Crippen LogP contribution in [0.1, 0.15) is 47.8 Å². The number of carbonyl (C=O) groups is 1. The third-order valence-corrected chi connectivity index (χ3v) is 6.78. The second-order valence-corrected chi connectivity index (χ2v) is 9.15. The smallest absolute Gasteiger partial charge is 0.275 e. The Morgan fingerprint density at radius 3 is 2.82 bits per heavy atom. The number of hydrogen-bond donors (Lipinski definition) is 2. The van der Waals surface area contributed by atoms with Gasteiger partial charge in [-0.1, -0.05) is 0 Å². The standard InChI is InChI=1S/C23H26FN9O/c1-31-12-16-19(30-31)23(34)32(14-5-6-14)10-8-26-17-7-4-13(24)11-15(17)18-3-2-9-33(18)22-20(25)28-29-21(16)27-22/h4,7,11-12,14,18,26H,2-3,5-6,8-10H2,1H3,(H2,25,28)/t18-/m1/s1. The van der Waals surface area contributed by atoms with Crippen molar-refractivity contribution in [1.82, 2.24) is 29.9 Å². The van der Waals surface area contributed by atoms with E-state index in [1.165, 1.54) is 6.07 Å². The van der Waals surface area contributed by atoms with Crippen molar-refractivity contribution in [2.45, 2.75) is 37.8 Å². The first-order valence-corrected chi connectivity index (χ1v) is 11.6. The number of benzene rings is 1. The van der Waals surface area contributed by atoms with Gasteiger partial charge >= 0.3 is 0 Å². The SMILES string of the molecule is Cn1cc2c(n1)C(=O)N(C1CC1)CCNc1ccc(F)cc1[C@H]1CCCN1c1nc-2nnc1N. The highest BCUT2D eigenvalue weighted by molar-refractivity contribution is 5.98. The van der Waals surface area contributed by atoms with Gasteiger partial charge in [-0.25, -0.2) is 9.37 Å². The van der Waals surface area contributed by atoms with Crippen molar-refractivity contribution in [3.63, 3.8) is 0 Å².